The van der Waals surface area contributed by atoms with Crippen molar-refractivity contribution >= 4 is 5.91 Å². The van der Waals surface area contributed by atoms with E-state index in [1.54, 1.807) is 7.11 Å². The second-order valence-corrected chi connectivity index (χ2v) is 6.89. The van der Waals surface area contributed by atoms with Gasteiger partial charge in [0, 0.05) is 17.5 Å². The zero-order valence-electron chi connectivity index (χ0n) is 14.1. The van der Waals surface area contributed by atoms with Gasteiger partial charge in [0.05, 0.1) is 7.11 Å². The van der Waals surface area contributed by atoms with Gasteiger partial charge in [-0.3, -0.25) is 4.79 Å². The van der Waals surface area contributed by atoms with Crippen LogP contribution in [0.25, 0.3) is 0 Å². The van der Waals surface area contributed by atoms with Crippen LogP contribution in [0, 0.1) is 12.3 Å². The van der Waals surface area contributed by atoms with Gasteiger partial charge in [0.25, 0.3) is 5.91 Å². The fraction of sp³-hybridized carbons (Fsp3) is 0.350. The quantitative estimate of drug-likeness (QED) is 0.929. The number of hydrogen-bond acceptors (Lipinski definition) is 2. The van der Waals surface area contributed by atoms with Gasteiger partial charge in [-0.05, 0) is 42.2 Å². The summed E-state index contributed by atoms with van der Waals surface area (Å²) in [5.41, 5.74) is 3.18. The molecule has 0 aliphatic heterocycles. The van der Waals surface area contributed by atoms with Gasteiger partial charge in [0.15, 0.2) is 0 Å². The van der Waals surface area contributed by atoms with E-state index >= 15 is 0 Å². The molecule has 0 spiro atoms. The van der Waals surface area contributed by atoms with Crippen molar-refractivity contribution < 1.29 is 9.53 Å². The molecule has 0 bridgehead atoms. The van der Waals surface area contributed by atoms with Gasteiger partial charge >= 0.3 is 0 Å². The number of carbonyl (C=O) groups is 1. The van der Waals surface area contributed by atoms with Crippen molar-refractivity contribution in [2.75, 3.05) is 7.11 Å². The van der Waals surface area contributed by atoms with Gasteiger partial charge in [0.2, 0.25) is 0 Å². The first-order valence-corrected chi connectivity index (χ1v) is 7.95. The Morgan fingerprint density at radius 2 is 1.65 bits per heavy atom. The molecule has 1 aliphatic carbocycles. The predicted octanol–water partition coefficient (Wildman–Crippen LogP) is 3.93. The van der Waals surface area contributed by atoms with Crippen LogP contribution >= 0.6 is 0 Å². The molecule has 0 saturated heterocycles. The van der Waals surface area contributed by atoms with Crippen LogP contribution < -0.4 is 10.1 Å². The highest BCUT2D eigenvalue weighted by Crippen LogP contribution is 2.58. The van der Waals surface area contributed by atoms with E-state index < -0.39 is 0 Å². The van der Waals surface area contributed by atoms with Gasteiger partial charge < -0.3 is 10.1 Å². The Hall–Kier alpha value is -2.29. The summed E-state index contributed by atoms with van der Waals surface area (Å²) in [4.78, 5) is 12.4. The highest BCUT2D eigenvalue weighted by atomic mass is 16.5. The molecule has 1 saturated carbocycles. The molecule has 120 valence electrons. The molecule has 0 aromatic heterocycles. The molecule has 0 heterocycles. The SMILES string of the molecule is COc1ccc(C2C(NC(=O)c3ccc(C)cc3)C2(C)C)cc1. The van der Waals surface area contributed by atoms with Crippen molar-refractivity contribution in [1.29, 1.82) is 0 Å². The first-order valence-electron chi connectivity index (χ1n) is 7.95. The predicted molar refractivity (Wildman–Crippen MR) is 91.9 cm³/mol. The maximum absolute atomic E-state index is 12.4. The summed E-state index contributed by atoms with van der Waals surface area (Å²) in [6.45, 7) is 6.41. The summed E-state index contributed by atoms with van der Waals surface area (Å²) in [6, 6.07) is 16.0. The molecular formula is C20H23NO2. The Balaban J connectivity index is 1.72. The molecule has 1 aliphatic rings. The van der Waals surface area contributed by atoms with Crippen LogP contribution in [0.5, 0.6) is 5.75 Å². The molecule has 1 amide bonds. The summed E-state index contributed by atoms with van der Waals surface area (Å²) >= 11 is 0. The molecule has 0 radical (unpaired) electrons. The van der Waals surface area contributed by atoms with E-state index in [4.69, 9.17) is 4.74 Å². The number of amides is 1. The summed E-state index contributed by atoms with van der Waals surface area (Å²) < 4.78 is 5.21. The van der Waals surface area contributed by atoms with Crippen molar-refractivity contribution in [1.82, 2.24) is 5.32 Å². The van der Waals surface area contributed by atoms with Gasteiger partial charge in [-0.15, -0.1) is 0 Å². The van der Waals surface area contributed by atoms with Gasteiger partial charge in [-0.1, -0.05) is 43.7 Å². The lowest BCUT2D eigenvalue weighted by Gasteiger charge is -2.06. The van der Waals surface area contributed by atoms with Gasteiger partial charge in [0.1, 0.15) is 5.75 Å². The summed E-state index contributed by atoms with van der Waals surface area (Å²) in [6.07, 6.45) is 0. The molecule has 1 fully saturated rings. The molecular weight excluding hydrogens is 286 g/mol. The number of aryl methyl sites for hydroxylation is 1. The minimum atomic E-state index is -0.000846. The Morgan fingerprint density at radius 3 is 2.22 bits per heavy atom. The van der Waals surface area contributed by atoms with E-state index in [1.165, 1.54) is 5.56 Å². The lowest BCUT2D eigenvalue weighted by Crippen LogP contribution is -2.28. The van der Waals surface area contributed by atoms with E-state index in [1.807, 2.05) is 43.3 Å². The molecule has 2 aromatic rings. The molecule has 2 atom stereocenters. The second kappa shape index (κ2) is 5.73. The minimum absolute atomic E-state index is 0.000846. The van der Waals surface area contributed by atoms with E-state index in [0.29, 0.717) is 11.5 Å². The number of carbonyl (C=O) groups excluding carboxylic acids is 1. The number of nitrogens with one attached hydrogen (secondary N) is 1. The van der Waals surface area contributed by atoms with Crippen molar-refractivity contribution in [3.63, 3.8) is 0 Å². The lowest BCUT2D eigenvalue weighted by molar-refractivity contribution is 0.0946. The monoisotopic (exact) mass is 309 g/mol. The Morgan fingerprint density at radius 1 is 1.04 bits per heavy atom. The van der Waals surface area contributed by atoms with Crippen molar-refractivity contribution in [2.24, 2.45) is 5.41 Å². The Bertz CT molecular complexity index is 701. The summed E-state index contributed by atoms with van der Waals surface area (Å²) in [5.74, 6) is 1.19. The Kier molecular flexibility index (Phi) is 3.88. The average Bonchev–Trinajstić information content (AvgIpc) is 3.08. The molecule has 23 heavy (non-hydrogen) atoms. The third kappa shape index (κ3) is 2.96. The number of methoxy groups -OCH3 is 1. The average molecular weight is 309 g/mol. The van der Waals surface area contributed by atoms with E-state index in [2.05, 4.69) is 31.3 Å². The highest BCUT2D eigenvalue weighted by Gasteiger charge is 2.59. The molecule has 3 nitrogen and oxygen atoms in total. The third-order valence-electron chi connectivity index (χ3n) is 4.90. The van der Waals surface area contributed by atoms with Crippen molar-refractivity contribution in [3.8, 4) is 5.75 Å². The standard InChI is InChI=1S/C20H23NO2/c1-13-5-7-15(8-6-13)19(22)21-18-17(20(18,2)3)14-9-11-16(23-4)12-10-14/h5-12,17-18H,1-4H3,(H,21,22). The maximum Gasteiger partial charge on any atom is 0.251 e. The number of hydrogen-bond donors (Lipinski definition) is 1. The van der Waals surface area contributed by atoms with Gasteiger partial charge in [-0.25, -0.2) is 0 Å². The van der Waals surface area contributed by atoms with Crippen molar-refractivity contribution in [2.45, 2.75) is 32.7 Å². The zero-order valence-corrected chi connectivity index (χ0v) is 14.1. The highest BCUT2D eigenvalue weighted by molar-refractivity contribution is 5.94. The Labute approximate surface area is 137 Å². The van der Waals surface area contributed by atoms with E-state index in [-0.39, 0.29) is 17.4 Å². The van der Waals surface area contributed by atoms with E-state index in [0.717, 1.165) is 11.3 Å². The van der Waals surface area contributed by atoms with Crippen LogP contribution in [0.4, 0.5) is 0 Å². The smallest absolute Gasteiger partial charge is 0.251 e. The first-order chi connectivity index (χ1) is 10.9. The topological polar surface area (TPSA) is 38.3 Å². The van der Waals surface area contributed by atoms with Crippen LogP contribution in [-0.4, -0.2) is 19.1 Å². The lowest BCUT2D eigenvalue weighted by atomic mass is 10.0. The first kappa shape index (κ1) is 15.6. The number of benzene rings is 2. The number of rotatable bonds is 4. The fourth-order valence-corrected chi connectivity index (χ4v) is 3.27. The molecule has 2 unspecified atom stereocenters. The molecule has 3 rings (SSSR count). The van der Waals surface area contributed by atoms with Crippen molar-refractivity contribution in [3.05, 3.63) is 65.2 Å². The van der Waals surface area contributed by atoms with Crippen LogP contribution in [0.15, 0.2) is 48.5 Å². The number of ether oxygens (including phenoxy) is 1. The summed E-state index contributed by atoms with van der Waals surface area (Å²) in [7, 11) is 1.67. The van der Waals surface area contributed by atoms with Gasteiger partial charge in [-0.2, -0.15) is 0 Å². The second-order valence-electron chi connectivity index (χ2n) is 6.89. The van der Waals surface area contributed by atoms with E-state index in [9.17, 15) is 4.79 Å². The minimum Gasteiger partial charge on any atom is -0.497 e. The molecule has 3 heteroatoms. The molecule has 2 aromatic carbocycles. The largest absolute Gasteiger partial charge is 0.497 e. The maximum atomic E-state index is 12.4. The molecule has 1 N–H and O–H groups in total. The van der Waals surface area contributed by atoms with Crippen LogP contribution in [-0.2, 0) is 0 Å². The normalized spacial score (nSPS) is 21.6. The zero-order chi connectivity index (χ0) is 16.6. The van der Waals surface area contributed by atoms with Crippen LogP contribution in [0.1, 0.15) is 41.3 Å². The fourth-order valence-electron chi connectivity index (χ4n) is 3.27. The third-order valence-corrected chi connectivity index (χ3v) is 4.90. The van der Waals surface area contributed by atoms with Crippen LogP contribution in [0.3, 0.4) is 0 Å². The summed E-state index contributed by atoms with van der Waals surface area (Å²) in [5, 5.41) is 3.19. The van der Waals surface area contributed by atoms with Crippen LogP contribution in [0.2, 0.25) is 0 Å².